The molecule has 0 N–H and O–H groups in total. The maximum Gasteiger partial charge on any atom is 0.254 e. The van der Waals surface area contributed by atoms with Gasteiger partial charge in [0, 0.05) is 56.3 Å². The Balaban J connectivity index is 1.44. The van der Waals surface area contributed by atoms with Crippen LogP contribution in [0.4, 0.5) is 5.82 Å². The molecule has 0 unspecified atom stereocenters. The predicted octanol–water partition coefficient (Wildman–Crippen LogP) is 2.10. The van der Waals surface area contributed by atoms with Crippen molar-refractivity contribution in [3.8, 4) is 0 Å². The zero-order chi connectivity index (χ0) is 16.4. The fourth-order valence-corrected chi connectivity index (χ4v) is 3.10. The molecule has 0 aromatic carbocycles. The van der Waals surface area contributed by atoms with Gasteiger partial charge in [0.25, 0.3) is 5.91 Å². The van der Waals surface area contributed by atoms with Crippen LogP contribution in [-0.4, -0.2) is 51.9 Å². The number of pyridine rings is 1. The van der Waals surface area contributed by atoms with Crippen molar-refractivity contribution in [2.24, 2.45) is 0 Å². The van der Waals surface area contributed by atoms with Gasteiger partial charge in [-0.15, -0.1) is 0 Å². The molecule has 0 spiro atoms. The second-order valence-electron chi connectivity index (χ2n) is 6.42. The van der Waals surface area contributed by atoms with Crippen LogP contribution in [-0.2, 0) is 0 Å². The molecule has 124 valence electrons. The lowest BCUT2D eigenvalue weighted by molar-refractivity contribution is 0.0767. The number of rotatable bonds is 3. The Morgan fingerprint density at radius 1 is 1.00 bits per heavy atom. The summed E-state index contributed by atoms with van der Waals surface area (Å²) in [6.07, 6.45) is 8.55. The second kappa shape index (κ2) is 6.55. The summed E-state index contributed by atoms with van der Waals surface area (Å²) in [5.74, 6) is 2.61. The maximum absolute atomic E-state index is 12.6. The molecule has 2 fully saturated rings. The average Bonchev–Trinajstić information content (AvgIpc) is 3.48. The molecule has 0 radical (unpaired) electrons. The number of hydrogen-bond acceptors (Lipinski definition) is 5. The molecule has 6 heteroatoms. The zero-order valence-electron chi connectivity index (χ0n) is 13.6. The maximum atomic E-state index is 12.6. The van der Waals surface area contributed by atoms with Gasteiger partial charge in [-0.05, 0) is 37.5 Å². The molecule has 0 atom stereocenters. The van der Waals surface area contributed by atoms with Gasteiger partial charge in [-0.2, -0.15) is 0 Å². The van der Waals surface area contributed by atoms with Gasteiger partial charge in [-0.25, -0.2) is 9.97 Å². The van der Waals surface area contributed by atoms with E-state index in [4.69, 9.17) is 4.98 Å². The molecule has 2 aromatic heterocycles. The monoisotopic (exact) mass is 323 g/mol. The summed E-state index contributed by atoms with van der Waals surface area (Å²) in [7, 11) is 0. The van der Waals surface area contributed by atoms with E-state index in [0.29, 0.717) is 18.0 Å². The molecule has 6 nitrogen and oxygen atoms in total. The third kappa shape index (κ3) is 3.22. The van der Waals surface area contributed by atoms with Crippen molar-refractivity contribution in [1.29, 1.82) is 0 Å². The van der Waals surface area contributed by atoms with Crippen LogP contribution < -0.4 is 4.90 Å². The van der Waals surface area contributed by atoms with Crippen molar-refractivity contribution in [2.75, 3.05) is 31.1 Å². The van der Waals surface area contributed by atoms with Crippen LogP contribution in [0.5, 0.6) is 0 Å². The smallest absolute Gasteiger partial charge is 0.254 e. The molecule has 1 saturated carbocycles. The topological polar surface area (TPSA) is 62.2 Å². The Hall–Kier alpha value is -2.50. The third-order valence-corrected chi connectivity index (χ3v) is 4.64. The van der Waals surface area contributed by atoms with E-state index < -0.39 is 0 Å². The Morgan fingerprint density at radius 3 is 2.62 bits per heavy atom. The summed E-state index contributed by atoms with van der Waals surface area (Å²) in [6, 6.07) is 5.53. The van der Waals surface area contributed by atoms with Gasteiger partial charge in [0.2, 0.25) is 0 Å². The van der Waals surface area contributed by atoms with Gasteiger partial charge in [-0.3, -0.25) is 9.78 Å². The Bertz CT molecular complexity index is 716. The minimum absolute atomic E-state index is 0.0839. The minimum Gasteiger partial charge on any atom is -0.355 e. The van der Waals surface area contributed by atoms with E-state index >= 15 is 0 Å². The van der Waals surface area contributed by atoms with Crippen molar-refractivity contribution in [2.45, 2.75) is 25.2 Å². The van der Waals surface area contributed by atoms with E-state index in [2.05, 4.69) is 14.9 Å². The Morgan fingerprint density at radius 2 is 1.83 bits per heavy atom. The molecule has 2 aliphatic rings. The van der Waals surface area contributed by atoms with Crippen LogP contribution >= 0.6 is 0 Å². The quantitative estimate of drug-likeness (QED) is 0.865. The summed E-state index contributed by atoms with van der Waals surface area (Å²) in [5, 5.41) is 0. The van der Waals surface area contributed by atoms with Crippen LogP contribution in [0.3, 0.4) is 0 Å². The van der Waals surface area contributed by atoms with Crippen LogP contribution in [0.2, 0.25) is 0 Å². The van der Waals surface area contributed by atoms with Gasteiger partial charge in [0.15, 0.2) is 0 Å². The second-order valence-corrected chi connectivity index (χ2v) is 6.42. The number of amides is 1. The Labute approximate surface area is 141 Å². The molecule has 0 bridgehead atoms. The van der Waals surface area contributed by atoms with E-state index in [0.717, 1.165) is 37.7 Å². The summed E-state index contributed by atoms with van der Waals surface area (Å²) in [6.45, 7) is 3.21. The number of hydrogen-bond donors (Lipinski definition) is 0. The molecule has 1 amide bonds. The van der Waals surface area contributed by atoms with Gasteiger partial charge in [0.1, 0.15) is 11.6 Å². The summed E-state index contributed by atoms with van der Waals surface area (Å²) in [5.41, 5.74) is 0.705. The van der Waals surface area contributed by atoms with E-state index in [9.17, 15) is 4.79 Å². The normalized spacial score (nSPS) is 18.3. The number of carbonyl (C=O) groups is 1. The van der Waals surface area contributed by atoms with Crippen molar-refractivity contribution < 1.29 is 4.79 Å². The van der Waals surface area contributed by atoms with Crippen molar-refractivity contribution in [3.63, 3.8) is 0 Å². The SMILES string of the molecule is O=C(c1ccncc1)N1CCCN(c2ccnc(C3CC3)n2)CC1. The number of carbonyl (C=O) groups excluding carboxylic acids is 1. The van der Waals surface area contributed by atoms with Gasteiger partial charge in [-0.1, -0.05) is 0 Å². The first-order chi connectivity index (χ1) is 11.8. The van der Waals surface area contributed by atoms with Crippen LogP contribution in [0.1, 0.15) is 41.4 Å². The van der Waals surface area contributed by atoms with Crippen molar-refractivity contribution >= 4 is 11.7 Å². The highest BCUT2D eigenvalue weighted by molar-refractivity contribution is 5.94. The summed E-state index contributed by atoms with van der Waals surface area (Å²) in [4.78, 5) is 29.9. The molecular weight excluding hydrogens is 302 g/mol. The fourth-order valence-electron chi connectivity index (χ4n) is 3.10. The van der Waals surface area contributed by atoms with Crippen molar-refractivity contribution in [3.05, 3.63) is 48.2 Å². The largest absolute Gasteiger partial charge is 0.355 e. The third-order valence-electron chi connectivity index (χ3n) is 4.64. The lowest BCUT2D eigenvalue weighted by Crippen LogP contribution is -2.35. The van der Waals surface area contributed by atoms with Gasteiger partial charge < -0.3 is 9.80 Å². The molecule has 3 heterocycles. The van der Waals surface area contributed by atoms with Crippen LogP contribution in [0.25, 0.3) is 0 Å². The molecule has 4 rings (SSSR count). The molecule has 24 heavy (non-hydrogen) atoms. The highest BCUT2D eigenvalue weighted by Crippen LogP contribution is 2.38. The lowest BCUT2D eigenvalue weighted by atomic mass is 10.2. The molecule has 1 saturated heterocycles. The van der Waals surface area contributed by atoms with E-state index in [1.54, 1.807) is 24.5 Å². The highest BCUT2D eigenvalue weighted by atomic mass is 16.2. The molecule has 1 aliphatic heterocycles. The molecular formula is C18H21N5O. The molecule has 1 aliphatic carbocycles. The fraction of sp³-hybridized carbons (Fsp3) is 0.444. The molecule has 2 aromatic rings. The summed E-state index contributed by atoms with van der Waals surface area (Å²) >= 11 is 0. The van der Waals surface area contributed by atoms with Crippen LogP contribution in [0.15, 0.2) is 36.8 Å². The zero-order valence-corrected chi connectivity index (χ0v) is 13.6. The first-order valence-corrected chi connectivity index (χ1v) is 8.58. The predicted molar refractivity (Wildman–Crippen MR) is 91.0 cm³/mol. The highest BCUT2D eigenvalue weighted by Gasteiger charge is 2.27. The Kier molecular flexibility index (Phi) is 4.11. The first kappa shape index (κ1) is 15.1. The number of anilines is 1. The van der Waals surface area contributed by atoms with Crippen LogP contribution in [0, 0.1) is 0 Å². The van der Waals surface area contributed by atoms with E-state index in [1.165, 1.54) is 12.8 Å². The van der Waals surface area contributed by atoms with Crippen molar-refractivity contribution in [1.82, 2.24) is 19.9 Å². The van der Waals surface area contributed by atoms with E-state index in [1.807, 2.05) is 17.2 Å². The minimum atomic E-state index is 0.0839. The number of nitrogens with zero attached hydrogens (tertiary/aromatic N) is 5. The van der Waals surface area contributed by atoms with Gasteiger partial charge >= 0.3 is 0 Å². The first-order valence-electron chi connectivity index (χ1n) is 8.58. The average molecular weight is 323 g/mol. The van der Waals surface area contributed by atoms with Gasteiger partial charge in [0.05, 0.1) is 0 Å². The standard InChI is InChI=1S/C18H21N5O/c24-18(15-4-7-19-8-5-15)23-11-1-10-22(12-13-23)16-6-9-20-17(21-16)14-2-3-14/h4-9,14H,1-3,10-13H2. The lowest BCUT2D eigenvalue weighted by Gasteiger charge is -2.23. The van der Waals surface area contributed by atoms with E-state index in [-0.39, 0.29) is 5.91 Å². The number of aromatic nitrogens is 3. The summed E-state index contributed by atoms with van der Waals surface area (Å²) < 4.78 is 0.